The molecule has 1 aliphatic rings. The van der Waals surface area contributed by atoms with E-state index in [0.717, 1.165) is 29.6 Å². The van der Waals surface area contributed by atoms with Gasteiger partial charge >= 0.3 is 0 Å². The predicted molar refractivity (Wildman–Crippen MR) is 112 cm³/mol. The van der Waals surface area contributed by atoms with Crippen LogP contribution in [0, 0.1) is 13.8 Å². The van der Waals surface area contributed by atoms with Crippen molar-refractivity contribution in [3.63, 3.8) is 0 Å². The van der Waals surface area contributed by atoms with Crippen molar-refractivity contribution in [2.75, 3.05) is 19.6 Å². The molecule has 1 unspecified atom stereocenters. The topological polar surface area (TPSA) is 45.5 Å². The Morgan fingerprint density at radius 3 is 2.57 bits per heavy atom. The van der Waals surface area contributed by atoms with E-state index in [2.05, 4.69) is 54.4 Å². The number of benzene rings is 2. The maximum absolute atomic E-state index is 12.7. The van der Waals surface area contributed by atoms with Gasteiger partial charge in [-0.1, -0.05) is 30.3 Å². The number of carbonyl (C=O) groups is 1. The van der Waals surface area contributed by atoms with E-state index in [-0.39, 0.29) is 11.9 Å². The summed E-state index contributed by atoms with van der Waals surface area (Å²) in [6.45, 7) is 7.00. The van der Waals surface area contributed by atoms with Gasteiger partial charge in [0, 0.05) is 17.5 Å². The van der Waals surface area contributed by atoms with Crippen LogP contribution in [0.5, 0.6) is 0 Å². The Kier molecular flexibility index (Phi) is 5.49. The summed E-state index contributed by atoms with van der Waals surface area (Å²) in [7, 11) is 0. The second kappa shape index (κ2) is 8.19. The molecule has 0 saturated carbocycles. The molecule has 28 heavy (non-hydrogen) atoms. The van der Waals surface area contributed by atoms with Crippen molar-refractivity contribution in [3.8, 4) is 0 Å². The van der Waals surface area contributed by atoms with Crippen LogP contribution in [0.3, 0.4) is 0 Å². The molecule has 1 aromatic heterocycles. The SMILES string of the molecule is Cc1cc2occ(CC(=O)NCC(c3ccccc3)N3CCCC3)c2cc1C. The summed E-state index contributed by atoms with van der Waals surface area (Å²) in [5, 5.41) is 4.20. The maximum Gasteiger partial charge on any atom is 0.224 e. The molecule has 4 rings (SSSR count). The molecule has 1 saturated heterocycles. The minimum Gasteiger partial charge on any atom is -0.464 e. The Morgan fingerprint density at radius 1 is 1.11 bits per heavy atom. The van der Waals surface area contributed by atoms with Crippen LogP contribution in [-0.2, 0) is 11.2 Å². The summed E-state index contributed by atoms with van der Waals surface area (Å²) in [6, 6.07) is 14.9. The smallest absolute Gasteiger partial charge is 0.224 e. The van der Waals surface area contributed by atoms with Crippen molar-refractivity contribution in [1.29, 1.82) is 0 Å². The molecule has 0 aliphatic carbocycles. The summed E-state index contributed by atoms with van der Waals surface area (Å²) in [5.41, 5.74) is 5.49. The average Bonchev–Trinajstić information content (AvgIpc) is 3.35. The molecule has 1 atom stereocenters. The van der Waals surface area contributed by atoms with Gasteiger partial charge in [-0.25, -0.2) is 0 Å². The fourth-order valence-electron chi connectivity index (χ4n) is 4.11. The van der Waals surface area contributed by atoms with Crippen LogP contribution in [0.25, 0.3) is 11.0 Å². The fourth-order valence-corrected chi connectivity index (χ4v) is 4.11. The quantitative estimate of drug-likeness (QED) is 0.687. The Hall–Kier alpha value is -2.59. The largest absolute Gasteiger partial charge is 0.464 e. The van der Waals surface area contributed by atoms with Gasteiger partial charge in [0.25, 0.3) is 0 Å². The highest BCUT2D eigenvalue weighted by atomic mass is 16.3. The number of amides is 1. The zero-order chi connectivity index (χ0) is 19.5. The van der Waals surface area contributed by atoms with Gasteiger partial charge in [0.05, 0.1) is 18.7 Å². The molecule has 1 N–H and O–H groups in total. The van der Waals surface area contributed by atoms with Gasteiger partial charge in [-0.05, 0) is 68.6 Å². The first-order chi connectivity index (χ1) is 13.6. The van der Waals surface area contributed by atoms with E-state index in [4.69, 9.17) is 4.42 Å². The number of nitrogens with zero attached hydrogens (tertiary/aromatic N) is 1. The Labute approximate surface area is 166 Å². The minimum atomic E-state index is 0.0426. The molecule has 4 heteroatoms. The number of likely N-dealkylation sites (tertiary alicyclic amines) is 1. The van der Waals surface area contributed by atoms with Gasteiger partial charge < -0.3 is 9.73 Å². The van der Waals surface area contributed by atoms with Crippen LogP contribution in [0.2, 0.25) is 0 Å². The molecule has 1 amide bonds. The van der Waals surface area contributed by atoms with E-state index in [9.17, 15) is 4.79 Å². The van der Waals surface area contributed by atoms with Crippen LogP contribution in [-0.4, -0.2) is 30.4 Å². The number of fused-ring (bicyclic) bond motifs is 1. The number of nitrogens with one attached hydrogen (secondary N) is 1. The lowest BCUT2D eigenvalue weighted by Crippen LogP contribution is -2.37. The molecule has 2 heterocycles. The lowest BCUT2D eigenvalue weighted by Gasteiger charge is -2.28. The third kappa shape index (κ3) is 3.97. The zero-order valence-electron chi connectivity index (χ0n) is 16.7. The standard InChI is InChI=1S/C24H28N2O2/c1-17-12-21-20(16-28-23(21)13-18(17)2)14-24(27)25-15-22(26-10-6-7-11-26)19-8-4-3-5-9-19/h3-5,8-9,12-13,16,22H,6-7,10-11,14-15H2,1-2H3,(H,25,27). The Morgan fingerprint density at radius 2 is 1.82 bits per heavy atom. The number of carbonyl (C=O) groups excluding carboxylic acids is 1. The molecular formula is C24H28N2O2. The number of hydrogen-bond donors (Lipinski definition) is 1. The molecule has 2 aromatic carbocycles. The Balaban J connectivity index is 1.45. The normalized spacial score (nSPS) is 15.8. The number of aryl methyl sites for hydroxylation is 2. The second-order valence-corrected chi connectivity index (χ2v) is 7.84. The molecule has 0 radical (unpaired) electrons. The van der Waals surface area contributed by atoms with Gasteiger partial charge in [-0.3, -0.25) is 9.69 Å². The van der Waals surface area contributed by atoms with Crippen molar-refractivity contribution >= 4 is 16.9 Å². The van der Waals surface area contributed by atoms with Gasteiger partial charge in [-0.15, -0.1) is 0 Å². The molecule has 4 nitrogen and oxygen atoms in total. The van der Waals surface area contributed by atoms with E-state index in [1.165, 1.54) is 29.5 Å². The third-order valence-electron chi connectivity index (χ3n) is 5.88. The molecular weight excluding hydrogens is 348 g/mol. The first-order valence-electron chi connectivity index (χ1n) is 10.1. The van der Waals surface area contributed by atoms with Crippen LogP contribution < -0.4 is 5.32 Å². The van der Waals surface area contributed by atoms with Crippen LogP contribution >= 0.6 is 0 Å². The zero-order valence-corrected chi connectivity index (χ0v) is 16.7. The minimum absolute atomic E-state index is 0.0426. The molecule has 0 spiro atoms. The van der Waals surface area contributed by atoms with Crippen LogP contribution in [0.15, 0.2) is 53.1 Å². The first-order valence-corrected chi connectivity index (χ1v) is 10.1. The molecule has 3 aromatic rings. The molecule has 0 bridgehead atoms. The van der Waals surface area contributed by atoms with Gasteiger partial charge in [0.1, 0.15) is 5.58 Å². The van der Waals surface area contributed by atoms with Crippen molar-refractivity contribution in [2.24, 2.45) is 0 Å². The number of furan rings is 1. The number of hydrogen-bond acceptors (Lipinski definition) is 3. The van der Waals surface area contributed by atoms with Gasteiger partial charge in [-0.2, -0.15) is 0 Å². The summed E-state index contributed by atoms with van der Waals surface area (Å²) in [4.78, 5) is 15.2. The fraction of sp³-hybridized carbons (Fsp3) is 0.375. The van der Waals surface area contributed by atoms with Crippen molar-refractivity contribution in [3.05, 3.63) is 71.0 Å². The maximum atomic E-state index is 12.7. The average molecular weight is 377 g/mol. The second-order valence-electron chi connectivity index (χ2n) is 7.84. The lowest BCUT2D eigenvalue weighted by molar-refractivity contribution is -0.120. The van der Waals surface area contributed by atoms with Gasteiger partial charge in [0.2, 0.25) is 5.91 Å². The number of rotatable bonds is 6. The van der Waals surface area contributed by atoms with E-state index < -0.39 is 0 Å². The van der Waals surface area contributed by atoms with Crippen molar-refractivity contribution in [2.45, 2.75) is 39.2 Å². The van der Waals surface area contributed by atoms with E-state index in [1.807, 2.05) is 12.1 Å². The monoisotopic (exact) mass is 376 g/mol. The van der Waals surface area contributed by atoms with Crippen LogP contribution in [0.1, 0.15) is 41.1 Å². The van der Waals surface area contributed by atoms with Crippen LogP contribution in [0.4, 0.5) is 0 Å². The molecule has 1 aliphatic heterocycles. The summed E-state index contributed by atoms with van der Waals surface area (Å²) >= 11 is 0. The summed E-state index contributed by atoms with van der Waals surface area (Å²) in [6.07, 6.45) is 4.53. The highest BCUT2D eigenvalue weighted by Crippen LogP contribution is 2.26. The van der Waals surface area contributed by atoms with E-state index >= 15 is 0 Å². The highest BCUT2D eigenvalue weighted by Gasteiger charge is 2.24. The highest BCUT2D eigenvalue weighted by molar-refractivity contribution is 5.88. The van der Waals surface area contributed by atoms with Crippen molar-refractivity contribution in [1.82, 2.24) is 10.2 Å². The summed E-state index contributed by atoms with van der Waals surface area (Å²) < 4.78 is 5.67. The predicted octanol–water partition coefficient (Wildman–Crippen LogP) is 4.55. The summed E-state index contributed by atoms with van der Waals surface area (Å²) in [5.74, 6) is 0.0426. The molecule has 146 valence electrons. The van der Waals surface area contributed by atoms with Crippen molar-refractivity contribution < 1.29 is 9.21 Å². The molecule has 1 fully saturated rings. The van der Waals surface area contributed by atoms with E-state index in [1.54, 1.807) is 6.26 Å². The Bertz CT molecular complexity index is 955. The van der Waals surface area contributed by atoms with Gasteiger partial charge in [0.15, 0.2) is 0 Å². The third-order valence-corrected chi connectivity index (χ3v) is 5.88. The first kappa shape index (κ1) is 18.8. The lowest BCUT2D eigenvalue weighted by atomic mass is 10.0. The van der Waals surface area contributed by atoms with E-state index in [0.29, 0.717) is 13.0 Å².